The molecule has 10 heteroatoms. The molecule has 7 nitrogen and oxygen atoms in total. The van der Waals surface area contributed by atoms with Crippen molar-refractivity contribution in [3.05, 3.63) is 36.7 Å². The van der Waals surface area contributed by atoms with E-state index >= 15 is 0 Å². The lowest BCUT2D eigenvalue weighted by Gasteiger charge is -2.43. The van der Waals surface area contributed by atoms with E-state index in [1.54, 1.807) is 46.7 Å². The number of amides is 1. The van der Waals surface area contributed by atoms with E-state index in [-0.39, 0.29) is 30.7 Å². The Balaban J connectivity index is 0.00000182. The van der Waals surface area contributed by atoms with Crippen molar-refractivity contribution in [1.82, 2.24) is 14.2 Å². The second-order valence-electron chi connectivity index (χ2n) is 6.27. The Labute approximate surface area is 173 Å². The lowest BCUT2D eigenvalue weighted by molar-refractivity contribution is -0.132. The predicted molar refractivity (Wildman–Crippen MR) is 114 cm³/mol. The highest BCUT2D eigenvalue weighted by Crippen LogP contribution is 2.54. The maximum absolute atomic E-state index is 12.1. The van der Waals surface area contributed by atoms with Crippen LogP contribution in [0.2, 0.25) is 0 Å². The first-order valence-corrected chi connectivity index (χ1v) is 9.82. The van der Waals surface area contributed by atoms with E-state index in [1.165, 1.54) is 0 Å². The zero-order valence-corrected chi connectivity index (χ0v) is 17.5. The van der Waals surface area contributed by atoms with Gasteiger partial charge in [-0.25, -0.2) is 4.31 Å². The molecule has 1 atom stereocenters. The molecule has 0 aliphatic carbocycles. The SMILES string of the molecule is C[C@@H](N)C(=O)N1CCCN(S(O)(O)c2cccc3cnccc23)CC1.Cl.Cl. The van der Waals surface area contributed by atoms with Crippen molar-refractivity contribution in [2.45, 2.75) is 24.3 Å². The second-order valence-corrected chi connectivity index (χ2v) is 8.26. The maximum atomic E-state index is 12.1. The monoisotopic (exact) mass is 436 g/mol. The summed E-state index contributed by atoms with van der Waals surface area (Å²) in [7, 11) is -3.15. The van der Waals surface area contributed by atoms with E-state index in [0.717, 1.165) is 10.8 Å². The number of benzene rings is 1. The van der Waals surface area contributed by atoms with Gasteiger partial charge in [-0.2, -0.15) is 0 Å². The van der Waals surface area contributed by atoms with Crippen LogP contribution in [0.5, 0.6) is 0 Å². The number of halogens is 2. The van der Waals surface area contributed by atoms with Crippen molar-refractivity contribution in [1.29, 1.82) is 0 Å². The average molecular weight is 437 g/mol. The number of nitrogens with zero attached hydrogens (tertiary/aromatic N) is 3. The van der Waals surface area contributed by atoms with Crippen molar-refractivity contribution in [2.24, 2.45) is 5.73 Å². The summed E-state index contributed by atoms with van der Waals surface area (Å²) in [4.78, 5) is 18.4. The van der Waals surface area contributed by atoms with Gasteiger partial charge in [0.1, 0.15) is 0 Å². The highest BCUT2D eigenvalue weighted by molar-refractivity contribution is 8.22. The number of fused-ring (bicyclic) bond motifs is 1. The van der Waals surface area contributed by atoms with Crippen LogP contribution in [-0.2, 0) is 4.79 Å². The topological polar surface area (TPSA) is 103 Å². The van der Waals surface area contributed by atoms with Crippen LogP contribution in [0.15, 0.2) is 41.6 Å². The Hall–Kier alpha value is -1.13. The molecule has 0 bridgehead atoms. The highest BCUT2D eigenvalue weighted by Gasteiger charge is 2.30. The molecule has 1 saturated heterocycles. The Bertz CT molecular complexity index is 773. The number of carbonyl (C=O) groups excluding carboxylic acids is 1. The summed E-state index contributed by atoms with van der Waals surface area (Å²) in [6.45, 7) is 3.58. The Kier molecular flexibility index (Phi) is 8.75. The number of hydrogen-bond donors (Lipinski definition) is 3. The Morgan fingerprint density at radius 3 is 2.63 bits per heavy atom. The number of pyridine rings is 1. The largest absolute Gasteiger partial charge is 0.340 e. The minimum Gasteiger partial charge on any atom is -0.340 e. The van der Waals surface area contributed by atoms with Gasteiger partial charge < -0.3 is 10.6 Å². The van der Waals surface area contributed by atoms with Gasteiger partial charge in [-0.05, 0) is 25.5 Å². The van der Waals surface area contributed by atoms with Crippen LogP contribution >= 0.6 is 35.6 Å². The first kappa shape index (κ1) is 23.9. The van der Waals surface area contributed by atoms with E-state index in [4.69, 9.17) is 5.73 Å². The predicted octanol–water partition coefficient (Wildman–Crippen LogP) is 2.98. The summed E-state index contributed by atoms with van der Waals surface area (Å²) < 4.78 is 23.6. The van der Waals surface area contributed by atoms with Gasteiger partial charge in [0.25, 0.3) is 0 Å². The molecule has 1 aliphatic heterocycles. The minimum atomic E-state index is -3.15. The molecular weight excluding hydrogens is 411 g/mol. The van der Waals surface area contributed by atoms with Crippen molar-refractivity contribution in [2.75, 3.05) is 26.2 Å². The standard InChI is InChI=1S/C17H24N4O3S.2ClH/c1-13(18)17(22)20-8-3-9-21(11-10-20)25(23,24)16-5-2-4-14-12-19-7-6-15(14)16;;/h2,4-7,12-13,23-24H,3,8-11,18H2,1H3;2*1H/t13-;;/m1../s1. The van der Waals surface area contributed by atoms with Crippen molar-refractivity contribution in [3.8, 4) is 0 Å². The van der Waals surface area contributed by atoms with Gasteiger partial charge in [0.15, 0.2) is 0 Å². The minimum absolute atomic E-state index is 0. The second kappa shape index (κ2) is 9.88. The highest BCUT2D eigenvalue weighted by atomic mass is 35.5. The van der Waals surface area contributed by atoms with Gasteiger partial charge in [0, 0.05) is 49.3 Å². The summed E-state index contributed by atoms with van der Waals surface area (Å²) in [5.74, 6) is -0.102. The fraction of sp³-hybridized carbons (Fsp3) is 0.412. The van der Waals surface area contributed by atoms with Gasteiger partial charge >= 0.3 is 0 Å². The third-order valence-corrected chi connectivity index (χ3v) is 6.48. The number of nitrogens with two attached hydrogens (primary N) is 1. The maximum Gasteiger partial charge on any atom is 0.239 e. The summed E-state index contributed by atoms with van der Waals surface area (Å²) in [6.07, 6.45) is 4.02. The van der Waals surface area contributed by atoms with Gasteiger partial charge in [-0.1, -0.05) is 12.1 Å². The molecule has 0 saturated carbocycles. The fourth-order valence-electron chi connectivity index (χ4n) is 3.13. The van der Waals surface area contributed by atoms with E-state index in [9.17, 15) is 13.9 Å². The molecule has 2 aromatic rings. The lowest BCUT2D eigenvalue weighted by Crippen LogP contribution is -2.43. The molecule has 27 heavy (non-hydrogen) atoms. The molecule has 1 fully saturated rings. The lowest BCUT2D eigenvalue weighted by atomic mass is 10.2. The molecule has 0 radical (unpaired) electrons. The summed E-state index contributed by atoms with van der Waals surface area (Å²) in [5, 5.41) is 1.65. The number of rotatable bonds is 3. The van der Waals surface area contributed by atoms with Crippen LogP contribution in [0.4, 0.5) is 0 Å². The van der Waals surface area contributed by atoms with Gasteiger partial charge in [0.2, 0.25) is 5.91 Å². The van der Waals surface area contributed by atoms with Crippen LogP contribution in [-0.4, -0.2) is 61.4 Å². The molecule has 4 N–H and O–H groups in total. The molecule has 1 aliphatic rings. The van der Waals surface area contributed by atoms with Crippen molar-refractivity contribution in [3.63, 3.8) is 0 Å². The Morgan fingerprint density at radius 1 is 1.19 bits per heavy atom. The summed E-state index contributed by atoms with van der Waals surface area (Å²) in [6, 6.07) is 6.69. The van der Waals surface area contributed by atoms with E-state index in [0.29, 0.717) is 37.5 Å². The summed E-state index contributed by atoms with van der Waals surface area (Å²) in [5.41, 5.74) is 5.69. The fourth-order valence-corrected chi connectivity index (χ4v) is 4.87. The van der Waals surface area contributed by atoms with Gasteiger partial charge in [-0.3, -0.25) is 18.9 Å². The molecular formula is C17H26Cl2N4O3S. The molecule has 152 valence electrons. The number of hydrogen-bond acceptors (Lipinski definition) is 6. The Morgan fingerprint density at radius 2 is 1.93 bits per heavy atom. The number of carbonyl (C=O) groups is 1. The van der Waals surface area contributed by atoms with Crippen molar-refractivity contribution < 1.29 is 13.9 Å². The van der Waals surface area contributed by atoms with Crippen LogP contribution in [0.25, 0.3) is 10.8 Å². The smallest absolute Gasteiger partial charge is 0.239 e. The molecule has 1 amide bonds. The molecule has 1 aromatic heterocycles. The third-order valence-electron chi connectivity index (χ3n) is 4.45. The zero-order chi connectivity index (χ0) is 18.0. The van der Waals surface area contributed by atoms with E-state index in [2.05, 4.69) is 4.98 Å². The van der Waals surface area contributed by atoms with Gasteiger partial charge in [0.05, 0.1) is 10.9 Å². The van der Waals surface area contributed by atoms with Crippen LogP contribution in [0, 0.1) is 0 Å². The first-order valence-electron chi connectivity index (χ1n) is 8.31. The molecule has 0 spiro atoms. The molecule has 1 aromatic carbocycles. The third kappa shape index (κ3) is 5.03. The normalized spacial score (nSPS) is 17.4. The van der Waals surface area contributed by atoms with Gasteiger partial charge in [-0.15, -0.1) is 35.6 Å². The molecule has 0 unspecified atom stereocenters. The number of aromatic nitrogens is 1. The van der Waals surface area contributed by atoms with Crippen molar-refractivity contribution >= 4 is 52.3 Å². The van der Waals surface area contributed by atoms with E-state index in [1.807, 2.05) is 6.07 Å². The van der Waals surface area contributed by atoms with E-state index < -0.39 is 16.8 Å². The summed E-state index contributed by atoms with van der Waals surface area (Å²) >= 11 is 0. The van der Waals surface area contributed by atoms with Crippen LogP contribution < -0.4 is 5.73 Å². The average Bonchev–Trinajstić information content (AvgIpc) is 2.87. The first-order chi connectivity index (χ1) is 11.9. The quantitative estimate of drug-likeness (QED) is 0.682. The van der Waals surface area contributed by atoms with Crippen LogP contribution in [0.3, 0.4) is 0 Å². The van der Waals surface area contributed by atoms with Crippen LogP contribution in [0.1, 0.15) is 13.3 Å². The molecule has 2 heterocycles. The molecule has 3 rings (SSSR count). The zero-order valence-electron chi connectivity index (χ0n) is 15.0.